The van der Waals surface area contributed by atoms with Gasteiger partial charge in [-0.05, 0) is 43.0 Å². The predicted molar refractivity (Wildman–Crippen MR) is 99.5 cm³/mol. The van der Waals surface area contributed by atoms with Crippen LogP contribution in [0, 0.1) is 0 Å². The quantitative estimate of drug-likeness (QED) is 0.604. The molecule has 0 aliphatic heterocycles. The van der Waals surface area contributed by atoms with Gasteiger partial charge < -0.3 is 16.4 Å². The first kappa shape index (κ1) is 18.2. The number of carbonyl (C=O) groups excluding carboxylic acids is 2. The van der Waals surface area contributed by atoms with E-state index in [-0.39, 0.29) is 11.8 Å². The second-order valence-electron chi connectivity index (χ2n) is 5.48. The highest BCUT2D eigenvalue weighted by Gasteiger charge is 2.11. The first-order valence-corrected chi connectivity index (χ1v) is 9.02. The zero-order valence-corrected chi connectivity index (χ0v) is 14.4. The molecule has 128 valence electrons. The lowest BCUT2D eigenvalue weighted by atomic mass is 10.1. The lowest BCUT2D eigenvalue weighted by Crippen LogP contribution is -2.15. The smallest absolute Gasteiger partial charge is 0.265 e. The molecule has 0 unspecified atom stereocenters. The Labute approximate surface area is 146 Å². The molecule has 0 aliphatic rings. The topological polar surface area (TPSA) is 84.2 Å². The van der Waals surface area contributed by atoms with Crippen LogP contribution in [0.15, 0.2) is 41.8 Å². The molecule has 2 aromatic rings. The number of benzene rings is 1. The highest BCUT2D eigenvalue weighted by atomic mass is 32.1. The van der Waals surface area contributed by atoms with Crippen LogP contribution >= 0.6 is 11.3 Å². The molecule has 4 N–H and O–H groups in total. The molecular formula is C18H23N3O2S. The van der Waals surface area contributed by atoms with Crippen molar-refractivity contribution in [3.05, 3.63) is 46.7 Å². The summed E-state index contributed by atoms with van der Waals surface area (Å²) in [4.78, 5) is 24.9. The molecule has 1 aromatic heterocycles. The number of carbonyl (C=O) groups is 2. The maximum atomic E-state index is 12.2. The third kappa shape index (κ3) is 5.79. The zero-order chi connectivity index (χ0) is 17.2. The molecule has 2 amide bonds. The van der Waals surface area contributed by atoms with E-state index in [0.29, 0.717) is 29.2 Å². The van der Waals surface area contributed by atoms with Gasteiger partial charge in [-0.15, -0.1) is 11.3 Å². The highest BCUT2D eigenvalue weighted by molar-refractivity contribution is 7.12. The summed E-state index contributed by atoms with van der Waals surface area (Å²) in [5.74, 6) is -0.214. The van der Waals surface area contributed by atoms with Crippen molar-refractivity contribution in [2.45, 2.75) is 32.1 Å². The highest BCUT2D eigenvalue weighted by Crippen LogP contribution is 2.23. The predicted octanol–water partition coefficient (Wildman–Crippen LogP) is 3.85. The Morgan fingerprint density at radius 2 is 1.62 bits per heavy atom. The summed E-state index contributed by atoms with van der Waals surface area (Å²) < 4.78 is 0. The molecule has 1 heterocycles. The Bertz CT molecular complexity index is 656. The summed E-state index contributed by atoms with van der Waals surface area (Å²) in [6.45, 7) is 0.698. The molecule has 0 aliphatic carbocycles. The second-order valence-corrected chi connectivity index (χ2v) is 6.43. The number of unbranched alkanes of at least 4 members (excludes halogenated alkanes) is 3. The maximum absolute atomic E-state index is 12.2. The van der Waals surface area contributed by atoms with Gasteiger partial charge >= 0.3 is 0 Å². The van der Waals surface area contributed by atoms with Crippen molar-refractivity contribution in [3.8, 4) is 0 Å². The molecule has 0 saturated heterocycles. The maximum Gasteiger partial charge on any atom is 0.265 e. The van der Waals surface area contributed by atoms with E-state index >= 15 is 0 Å². The van der Waals surface area contributed by atoms with Crippen LogP contribution in [-0.4, -0.2) is 18.4 Å². The van der Waals surface area contributed by atoms with Crippen LogP contribution in [0.1, 0.15) is 41.8 Å². The van der Waals surface area contributed by atoms with Crippen molar-refractivity contribution in [1.29, 1.82) is 0 Å². The summed E-state index contributed by atoms with van der Waals surface area (Å²) >= 11 is 1.38. The van der Waals surface area contributed by atoms with Gasteiger partial charge in [0.25, 0.3) is 5.91 Å². The summed E-state index contributed by atoms with van der Waals surface area (Å²) in [7, 11) is 0. The van der Waals surface area contributed by atoms with Gasteiger partial charge in [-0.3, -0.25) is 9.59 Å². The molecule has 0 spiro atoms. The van der Waals surface area contributed by atoms with Gasteiger partial charge in [-0.2, -0.15) is 0 Å². The minimum Gasteiger partial charge on any atom is -0.330 e. The average molecular weight is 345 g/mol. The number of hydrogen-bond acceptors (Lipinski definition) is 4. The largest absolute Gasteiger partial charge is 0.330 e. The molecule has 5 nitrogen and oxygen atoms in total. The standard InChI is InChI=1S/C18H23N3O2S/c19-12-6-2-1-3-11-17(22)20-14-8-4-5-9-15(14)21-18(23)16-10-7-13-24-16/h4-5,7-10,13H,1-3,6,11-12,19H2,(H,20,22)(H,21,23). The first-order valence-electron chi connectivity index (χ1n) is 8.14. The fourth-order valence-electron chi connectivity index (χ4n) is 2.29. The number of nitrogens with two attached hydrogens (primary N) is 1. The molecule has 24 heavy (non-hydrogen) atoms. The van der Waals surface area contributed by atoms with E-state index in [1.807, 2.05) is 23.6 Å². The molecular weight excluding hydrogens is 322 g/mol. The van der Waals surface area contributed by atoms with Gasteiger partial charge in [0.2, 0.25) is 5.91 Å². The van der Waals surface area contributed by atoms with E-state index in [1.54, 1.807) is 18.2 Å². The second kappa shape index (κ2) is 9.85. The minimum atomic E-state index is -0.173. The van der Waals surface area contributed by atoms with Crippen LogP contribution in [0.3, 0.4) is 0 Å². The molecule has 0 radical (unpaired) electrons. The zero-order valence-electron chi connectivity index (χ0n) is 13.6. The minimum absolute atomic E-state index is 0.0411. The van der Waals surface area contributed by atoms with E-state index in [4.69, 9.17) is 5.73 Å². The molecule has 0 fully saturated rings. The van der Waals surface area contributed by atoms with Crippen molar-refractivity contribution in [2.75, 3.05) is 17.2 Å². The summed E-state index contributed by atoms with van der Waals surface area (Å²) in [6.07, 6.45) is 4.37. The van der Waals surface area contributed by atoms with Gasteiger partial charge in [0.1, 0.15) is 0 Å². The Morgan fingerprint density at radius 3 is 2.29 bits per heavy atom. The van der Waals surface area contributed by atoms with Gasteiger partial charge in [-0.1, -0.05) is 31.0 Å². The van der Waals surface area contributed by atoms with Crippen LogP contribution in [0.4, 0.5) is 11.4 Å². The normalized spacial score (nSPS) is 10.4. The summed E-state index contributed by atoms with van der Waals surface area (Å²) in [5, 5.41) is 7.58. The molecule has 0 atom stereocenters. The fraction of sp³-hybridized carbons (Fsp3) is 0.333. The fourth-order valence-corrected chi connectivity index (χ4v) is 2.91. The number of thiophene rings is 1. The van der Waals surface area contributed by atoms with Crippen LogP contribution in [0.2, 0.25) is 0 Å². The first-order chi connectivity index (χ1) is 11.7. The van der Waals surface area contributed by atoms with Crippen LogP contribution < -0.4 is 16.4 Å². The van der Waals surface area contributed by atoms with Gasteiger partial charge in [-0.25, -0.2) is 0 Å². The third-order valence-corrected chi connectivity index (χ3v) is 4.42. The van der Waals surface area contributed by atoms with Crippen molar-refractivity contribution >= 4 is 34.5 Å². The molecule has 2 rings (SSSR count). The van der Waals surface area contributed by atoms with Gasteiger partial charge in [0.05, 0.1) is 16.3 Å². The average Bonchev–Trinajstić information content (AvgIpc) is 3.11. The van der Waals surface area contributed by atoms with E-state index in [9.17, 15) is 9.59 Å². The third-order valence-electron chi connectivity index (χ3n) is 3.55. The van der Waals surface area contributed by atoms with Gasteiger partial charge in [0, 0.05) is 6.42 Å². The van der Waals surface area contributed by atoms with E-state index < -0.39 is 0 Å². The van der Waals surface area contributed by atoms with E-state index in [2.05, 4.69) is 10.6 Å². The van der Waals surface area contributed by atoms with E-state index in [0.717, 1.165) is 25.7 Å². The van der Waals surface area contributed by atoms with Crippen molar-refractivity contribution in [3.63, 3.8) is 0 Å². The number of para-hydroxylation sites is 2. The van der Waals surface area contributed by atoms with Crippen molar-refractivity contribution < 1.29 is 9.59 Å². The number of rotatable bonds is 9. The van der Waals surface area contributed by atoms with Crippen molar-refractivity contribution in [2.24, 2.45) is 5.73 Å². The summed E-state index contributed by atoms with van der Waals surface area (Å²) in [5.41, 5.74) is 6.67. The van der Waals surface area contributed by atoms with E-state index in [1.165, 1.54) is 11.3 Å². The number of anilines is 2. The Hall–Kier alpha value is -2.18. The van der Waals surface area contributed by atoms with Crippen LogP contribution in [-0.2, 0) is 4.79 Å². The monoisotopic (exact) mass is 345 g/mol. The van der Waals surface area contributed by atoms with Crippen molar-refractivity contribution in [1.82, 2.24) is 0 Å². The van der Waals surface area contributed by atoms with Gasteiger partial charge in [0.15, 0.2) is 0 Å². The lowest BCUT2D eigenvalue weighted by molar-refractivity contribution is -0.116. The molecule has 0 saturated carbocycles. The summed E-state index contributed by atoms with van der Waals surface area (Å²) in [6, 6.07) is 10.8. The number of nitrogens with one attached hydrogen (secondary N) is 2. The molecule has 6 heteroatoms. The Morgan fingerprint density at radius 1 is 0.917 bits per heavy atom. The Balaban J connectivity index is 1.89. The number of hydrogen-bond donors (Lipinski definition) is 3. The Kier molecular flexibility index (Phi) is 7.45. The SMILES string of the molecule is NCCCCCCC(=O)Nc1ccccc1NC(=O)c1cccs1. The van der Waals surface area contributed by atoms with Crippen LogP contribution in [0.25, 0.3) is 0 Å². The molecule has 0 bridgehead atoms. The van der Waals surface area contributed by atoms with Crippen LogP contribution in [0.5, 0.6) is 0 Å². The molecule has 1 aromatic carbocycles. The number of amides is 2. The lowest BCUT2D eigenvalue weighted by Gasteiger charge is -2.12.